The van der Waals surface area contributed by atoms with Gasteiger partial charge in [-0.3, -0.25) is 4.79 Å². The lowest BCUT2D eigenvalue weighted by molar-refractivity contribution is -0.138. The van der Waals surface area contributed by atoms with Gasteiger partial charge in [0.1, 0.15) is 12.4 Å². The van der Waals surface area contributed by atoms with Crippen LogP contribution in [0.3, 0.4) is 0 Å². The van der Waals surface area contributed by atoms with Crippen LogP contribution in [0.4, 0.5) is 11.5 Å². The van der Waals surface area contributed by atoms with E-state index in [0.29, 0.717) is 6.04 Å². The topological polar surface area (TPSA) is 54.5 Å². The third-order valence-corrected chi connectivity index (χ3v) is 3.16. The fourth-order valence-electron chi connectivity index (χ4n) is 2.21. The van der Waals surface area contributed by atoms with Crippen LogP contribution in [0.25, 0.3) is 10.8 Å². The van der Waals surface area contributed by atoms with Gasteiger partial charge in [-0.2, -0.15) is 0 Å². The first-order valence-corrected chi connectivity index (χ1v) is 6.94. The van der Waals surface area contributed by atoms with Gasteiger partial charge in [-0.25, -0.2) is 4.98 Å². The average Bonchev–Trinajstić information content (AvgIpc) is 2.45. The minimum absolute atomic E-state index is 0.171. The quantitative estimate of drug-likeness (QED) is 0.857. The van der Waals surface area contributed by atoms with Gasteiger partial charge >= 0.3 is 5.97 Å². The second-order valence-electron chi connectivity index (χ2n) is 5.30. The predicted molar refractivity (Wildman–Crippen MR) is 85.8 cm³/mol. The Kier molecular flexibility index (Phi) is 4.62. The number of nitrogens with zero attached hydrogens (tertiary/aromatic N) is 2. The molecule has 0 saturated heterocycles. The van der Waals surface area contributed by atoms with Crippen molar-refractivity contribution in [3.63, 3.8) is 0 Å². The van der Waals surface area contributed by atoms with Gasteiger partial charge in [0.25, 0.3) is 0 Å². The fraction of sp³-hybridized carbons (Fsp3) is 0.375. The number of hydrogen-bond acceptors (Lipinski definition) is 5. The number of aromatic nitrogens is 1. The van der Waals surface area contributed by atoms with Gasteiger partial charge in [-0.05, 0) is 37.4 Å². The highest BCUT2D eigenvalue weighted by molar-refractivity contribution is 5.95. The van der Waals surface area contributed by atoms with Crippen molar-refractivity contribution < 1.29 is 9.53 Å². The van der Waals surface area contributed by atoms with Crippen LogP contribution in [0.2, 0.25) is 0 Å². The van der Waals surface area contributed by atoms with Crippen LogP contribution in [-0.2, 0) is 9.53 Å². The largest absolute Gasteiger partial charge is 0.468 e. The molecule has 0 radical (unpaired) electrons. The Morgan fingerprint density at radius 1 is 1.38 bits per heavy atom. The maximum Gasteiger partial charge on any atom is 0.325 e. The molecule has 0 bridgehead atoms. The Morgan fingerprint density at radius 2 is 2.14 bits per heavy atom. The first kappa shape index (κ1) is 15.1. The van der Waals surface area contributed by atoms with Crippen molar-refractivity contribution >= 4 is 28.2 Å². The lowest BCUT2D eigenvalue weighted by atomic mass is 10.1. The summed E-state index contributed by atoms with van der Waals surface area (Å²) in [6, 6.07) is 8.48. The number of likely N-dealkylation sites (N-methyl/N-ethyl adjacent to an activating group) is 1. The van der Waals surface area contributed by atoms with Gasteiger partial charge in [-0.1, -0.05) is 6.07 Å². The number of pyridine rings is 1. The van der Waals surface area contributed by atoms with Crippen LogP contribution in [0.15, 0.2) is 30.5 Å². The van der Waals surface area contributed by atoms with Crippen molar-refractivity contribution in [3.05, 3.63) is 30.5 Å². The van der Waals surface area contributed by atoms with Gasteiger partial charge in [0, 0.05) is 30.4 Å². The number of fused-ring (bicyclic) bond motifs is 1. The SMILES string of the molecule is COC(=O)CN(C)c1nccc2ccc(NC(C)C)cc12. The van der Waals surface area contributed by atoms with E-state index in [2.05, 4.69) is 36.3 Å². The summed E-state index contributed by atoms with van der Waals surface area (Å²) in [4.78, 5) is 17.6. The molecular formula is C16H21N3O2. The number of hydrogen-bond donors (Lipinski definition) is 1. The van der Waals surface area contributed by atoms with Crippen LogP contribution in [0.1, 0.15) is 13.8 Å². The van der Waals surface area contributed by atoms with Crippen molar-refractivity contribution in [3.8, 4) is 0 Å². The van der Waals surface area contributed by atoms with E-state index in [1.54, 1.807) is 11.1 Å². The molecule has 0 fully saturated rings. The number of rotatable bonds is 5. The lowest BCUT2D eigenvalue weighted by Gasteiger charge is -2.19. The molecular weight excluding hydrogens is 266 g/mol. The number of esters is 1. The van der Waals surface area contributed by atoms with E-state index in [1.807, 2.05) is 19.2 Å². The normalized spacial score (nSPS) is 10.7. The average molecular weight is 287 g/mol. The maximum atomic E-state index is 11.4. The molecule has 0 aliphatic rings. The number of anilines is 2. The zero-order chi connectivity index (χ0) is 15.4. The molecule has 2 aromatic rings. The van der Waals surface area contributed by atoms with Gasteiger partial charge in [0.05, 0.1) is 7.11 Å². The van der Waals surface area contributed by atoms with Crippen molar-refractivity contribution in [1.82, 2.24) is 4.98 Å². The van der Waals surface area contributed by atoms with E-state index in [-0.39, 0.29) is 12.5 Å². The molecule has 112 valence electrons. The van der Waals surface area contributed by atoms with E-state index in [9.17, 15) is 4.79 Å². The number of ether oxygens (including phenoxy) is 1. The number of carbonyl (C=O) groups is 1. The Bertz CT molecular complexity index is 640. The van der Waals surface area contributed by atoms with Crippen molar-refractivity contribution in [2.75, 3.05) is 30.9 Å². The Hall–Kier alpha value is -2.30. The van der Waals surface area contributed by atoms with Crippen LogP contribution in [0.5, 0.6) is 0 Å². The monoisotopic (exact) mass is 287 g/mol. The van der Waals surface area contributed by atoms with Gasteiger partial charge in [-0.15, -0.1) is 0 Å². The molecule has 0 aliphatic carbocycles. The highest BCUT2D eigenvalue weighted by Crippen LogP contribution is 2.26. The summed E-state index contributed by atoms with van der Waals surface area (Å²) < 4.78 is 4.71. The summed E-state index contributed by atoms with van der Waals surface area (Å²) >= 11 is 0. The smallest absolute Gasteiger partial charge is 0.325 e. The zero-order valence-electron chi connectivity index (χ0n) is 12.9. The molecule has 0 unspecified atom stereocenters. The van der Waals surface area contributed by atoms with E-state index in [1.165, 1.54) is 7.11 Å². The summed E-state index contributed by atoms with van der Waals surface area (Å²) in [7, 11) is 3.22. The zero-order valence-corrected chi connectivity index (χ0v) is 12.9. The highest BCUT2D eigenvalue weighted by Gasteiger charge is 2.12. The molecule has 1 heterocycles. The molecule has 5 nitrogen and oxygen atoms in total. The number of methoxy groups -OCH3 is 1. The second kappa shape index (κ2) is 6.43. The molecule has 0 saturated carbocycles. The first-order valence-electron chi connectivity index (χ1n) is 6.94. The molecule has 0 aliphatic heterocycles. The minimum Gasteiger partial charge on any atom is -0.468 e. The summed E-state index contributed by atoms with van der Waals surface area (Å²) in [5.41, 5.74) is 1.04. The van der Waals surface area contributed by atoms with Crippen LogP contribution >= 0.6 is 0 Å². The van der Waals surface area contributed by atoms with Gasteiger partial charge in [0.2, 0.25) is 0 Å². The van der Waals surface area contributed by atoms with Gasteiger partial charge in [0.15, 0.2) is 0 Å². The fourth-order valence-corrected chi connectivity index (χ4v) is 2.21. The maximum absolute atomic E-state index is 11.4. The van der Waals surface area contributed by atoms with Crippen LogP contribution < -0.4 is 10.2 Å². The summed E-state index contributed by atoms with van der Waals surface area (Å²) in [6.45, 7) is 4.36. The number of nitrogens with one attached hydrogen (secondary N) is 1. The molecule has 1 aromatic heterocycles. The summed E-state index contributed by atoms with van der Waals surface area (Å²) in [6.07, 6.45) is 1.75. The first-order chi connectivity index (χ1) is 10.0. The van der Waals surface area contributed by atoms with Crippen molar-refractivity contribution in [1.29, 1.82) is 0 Å². The minimum atomic E-state index is -0.284. The second-order valence-corrected chi connectivity index (χ2v) is 5.30. The van der Waals surface area contributed by atoms with Crippen molar-refractivity contribution in [2.45, 2.75) is 19.9 Å². The van der Waals surface area contributed by atoms with Gasteiger partial charge < -0.3 is 15.0 Å². The molecule has 0 spiro atoms. The number of benzene rings is 1. The van der Waals surface area contributed by atoms with Crippen molar-refractivity contribution in [2.24, 2.45) is 0 Å². The third-order valence-electron chi connectivity index (χ3n) is 3.16. The molecule has 1 aromatic carbocycles. The molecule has 21 heavy (non-hydrogen) atoms. The molecule has 0 amide bonds. The van der Waals surface area contributed by atoms with E-state index in [4.69, 9.17) is 4.74 Å². The Labute approximate surface area is 124 Å². The Balaban J connectivity index is 2.40. The van der Waals surface area contributed by atoms with E-state index < -0.39 is 0 Å². The summed E-state index contributed by atoms with van der Waals surface area (Å²) in [5.74, 6) is 0.484. The van der Waals surface area contributed by atoms with E-state index in [0.717, 1.165) is 22.3 Å². The highest BCUT2D eigenvalue weighted by atomic mass is 16.5. The van der Waals surface area contributed by atoms with Crippen LogP contribution in [-0.4, -0.2) is 37.7 Å². The van der Waals surface area contributed by atoms with E-state index >= 15 is 0 Å². The predicted octanol–water partition coefficient (Wildman–Crippen LogP) is 2.66. The number of carbonyl (C=O) groups excluding carboxylic acids is 1. The molecule has 0 atom stereocenters. The molecule has 5 heteroatoms. The van der Waals surface area contributed by atoms with Crippen LogP contribution in [0, 0.1) is 0 Å². The lowest BCUT2D eigenvalue weighted by Crippen LogP contribution is -2.27. The molecule has 2 rings (SSSR count). The standard InChI is InChI=1S/C16H21N3O2/c1-11(2)18-13-6-5-12-7-8-17-16(14(12)9-13)19(3)10-15(20)21-4/h5-9,11,18H,10H2,1-4H3. The third kappa shape index (κ3) is 3.62. The Morgan fingerprint density at radius 3 is 2.81 bits per heavy atom. The molecule has 1 N–H and O–H groups in total. The summed E-state index contributed by atoms with van der Waals surface area (Å²) in [5, 5.41) is 5.47.